The molecule has 0 heterocycles. The number of benzene rings is 1. The van der Waals surface area contributed by atoms with Crippen LogP contribution in [0, 0.1) is 0 Å². The Bertz CT molecular complexity index is 349. The van der Waals surface area contributed by atoms with E-state index in [9.17, 15) is 9.18 Å². The number of alkyl halides is 1. The van der Waals surface area contributed by atoms with Gasteiger partial charge in [-0.3, -0.25) is 0 Å². The second-order valence-corrected chi connectivity index (χ2v) is 3.50. The molecule has 0 radical (unpaired) electrons. The monoisotopic (exact) mass is 212 g/mol. The van der Waals surface area contributed by atoms with E-state index < -0.39 is 12.3 Å². The van der Waals surface area contributed by atoms with Crippen molar-refractivity contribution in [2.45, 2.75) is 26.1 Å². The lowest BCUT2D eigenvalue weighted by Gasteiger charge is -2.10. The third-order valence-corrected chi connectivity index (χ3v) is 1.96. The fourth-order valence-electron chi connectivity index (χ4n) is 1.12. The van der Waals surface area contributed by atoms with Gasteiger partial charge in [-0.05, 0) is 23.6 Å². The highest BCUT2D eigenvalue weighted by molar-refractivity contribution is 5.70. The van der Waals surface area contributed by atoms with Crippen molar-refractivity contribution in [3.05, 3.63) is 29.8 Å². The highest BCUT2D eigenvalue weighted by Crippen LogP contribution is 2.21. The summed E-state index contributed by atoms with van der Waals surface area (Å²) in [6.45, 7) is 3.98. The molecule has 1 rings (SSSR count). The maximum atomic E-state index is 12.7. The third-order valence-electron chi connectivity index (χ3n) is 1.96. The molecule has 0 aliphatic carbocycles. The molecule has 0 saturated carbocycles. The molecular weight excluding hydrogens is 199 g/mol. The van der Waals surface area contributed by atoms with Gasteiger partial charge >= 0.3 is 12.3 Å². The second kappa shape index (κ2) is 4.77. The van der Waals surface area contributed by atoms with Crippen LogP contribution in [0.15, 0.2) is 24.3 Å². The lowest BCUT2D eigenvalue weighted by Crippen LogP contribution is -2.21. The summed E-state index contributed by atoms with van der Waals surface area (Å²) in [4.78, 5) is 10.2. The molecule has 0 aliphatic rings. The smallest absolute Gasteiger partial charge is 0.378 e. The first-order valence-electron chi connectivity index (χ1n) is 4.64. The van der Waals surface area contributed by atoms with Crippen molar-refractivity contribution in [2.24, 2.45) is 0 Å². The maximum Gasteiger partial charge on any atom is 0.378 e. The Hall–Kier alpha value is -1.58. The topological polar surface area (TPSA) is 46.5 Å². The Morgan fingerprint density at radius 3 is 2.67 bits per heavy atom. The molecule has 0 aliphatic heterocycles. The first kappa shape index (κ1) is 11.5. The number of carboxylic acid groups (broad SMARTS) is 1. The van der Waals surface area contributed by atoms with Crippen LogP contribution in [-0.2, 0) is 4.79 Å². The summed E-state index contributed by atoms with van der Waals surface area (Å²) in [5.41, 5.74) is 0.977. The molecule has 0 aromatic heterocycles. The SMILES string of the molecule is CC(C)c1cccc(OC(F)C(=O)O)c1. The molecule has 1 unspecified atom stereocenters. The van der Waals surface area contributed by atoms with Gasteiger partial charge in [0.25, 0.3) is 0 Å². The van der Waals surface area contributed by atoms with E-state index in [-0.39, 0.29) is 11.7 Å². The molecule has 1 aromatic carbocycles. The molecule has 0 bridgehead atoms. The molecule has 4 heteroatoms. The number of hydrogen-bond acceptors (Lipinski definition) is 2. The minimum Gasteiger partial charge on any atom is -0.476 e. The first-order chi connectivity index (χ1) is 7.00. The highest BCUT2D eigenvalue weighted by atomic mass is 19.1. The molecule has 1 atom stereocenters. The molecule has 0 amide bonds. The number of aliphatic carboxylic acids is 1. The lowest BCUT2D eigenvalue weighted by molar-refractivity contribution is -0.153. The van der Waals surface area contributed by atoms with Gasteiger partial charge in [-0.15, -0.1) is 0 Å². The number of rotatable bonds is 4. The van der Waals surface area contributed by atoms with Gasteiger partial charge in [0, 0.05) is 0 Å². The van der Waals surface area contributed by atoms with E-state index in [0.717, 1.165) is 5.56 Å². The van der Waals surface area contributed by atoms with E-state index >= 15 is 0 Å². The summed E-state index contributed by atoms with van der Waals surface area (Å²) in [7, 11) is 0. The van der Waals surface area contributed by atoms with E-state index in [0.29, 0.717) is 0 Å². The van der Waals surface area contributed by atoms with Crippen molar-refractivity contribution >= 4 is 5.97 Å². The predicted octanol–water partition coefficient (Wildman–Crippen LogP) is 2.57. The van der Waals surface area contributed by atoms with Crippen LogP contribution in [0.5, 0.6) is 5.75 Å². The van der Waals surface area contributed by atoms with Crippen molar-refractivity contribution in [1.29, 1.82) is 0 Å². The van der Waals surface area contributed by atoms with Crippen molar-refractivity contribution in [3.8, 4) is 5.75 Å². The number of carboxylic acids is 1. The molecular formula is C11H13FO3. The summed E-state index contributed by atoms with van der Waals surface area (Å²) in [5.74, 6) is -1.10. The molecule has 15 heavy (non-hydrogen) atoms. The van der Waals surface area contributed by atoms with Gasteiger partial charge in [-0.2, -0.15) is 4.39 Å². The molecule has 0 spiro atoms. The quantitative estimate of drug-likeness (QED) is 0.834. The van der Waals surface area contributed by atoms with Gasteiger partial charge < -0.3 is 9.84 Å². The van der Waals surface area contributed by atoms with Crippen LogP contribution in [0.3, 0.4) is 0 Å². The molecule has 1 N–H and O–H groups in total. The summed E-state index contributed by atoms with van der Waals surface area (Å²) in [6.07, 6.45) is -2.31. The number of ether oxygens (including phenoxy) is 1. The Kier molecular flexibility index (Phi) is 3.66. The molecule has 0 saturated heterocycles. The molecule has 82 valence electrons. The van der Waals surface area contributed by atoms with E-state index in [4.69, 9.17) is 5.11 Å². The van der Waals surface area contributed by atoms with E-state index in [1.54, 1.807) is 12.1 Å². The van der Waals surface area contributed by atoms with Crippen molar-refractivity contribution in [3.63, 3.8) is 0 Å². The largest absolute Gasteiger partial charge is 0.476 e. The standard InChI is InChI=1S/C11H13FO3/c1-7(2)8-4-3-5-9(6-8)15-10(12)11(13)14/h3-7,10H,1-2H3,(H,13,14). The zero-order valence-electron chi connectivity index (χ0n) is 8.61. The minimum atomic E-state index is -2.31. The average molecular weight is 212 g/mol. The van der Waals surface area contributed by atoms with E-state index in [2.05, 4.69) is 4.74 Å². The number of halogens is 1. The van der Waals surface area contributed by atoms with E-state index in [1.807, 2.05) is 19.9 Å². The maximum absolute atomic E-state index is 12.7. The number of carbonyl (C=O) groups is 1. The molecule has 0 fully saturated rings. The average Bonchev–Trinajstić information content (AvgIpc) is 2.18. The van der Waals surface area contributed by atoms with Crippen LogP contribution in [0.25, 0.3) is 0 Å². The fraction of sp³-hybridized carbons (Fsp3) is 0.364. The Balaban J connectivity index is 2.78. The van der Waals surface area contributed by atoms with Crippen LogP contribution >= 0.6 is 0 Å². The van der Waals surface area contributed by atoms with Crippen LogP contribution in [0.2, 0.25) is 0 Å². The Labute approximate surface area is 87.5 Å². The van der Waals surface area contributed by atoms with Crippen LogP contribution in [0.4, 0.5) is 4.39 Å². The van der Waals surface area contributed by atoms with Crippen LogP contribution in [0.1, 0.15) is 25.3 Å². The van der Waals surface area contributed by atoms with Gasteiger partial charge in [0.2, 0.25) is 0 Å². The van der Waals surface area contributed by atoms with Gasteiger partial charge in [-0.25, -0.2) is 4.79 Å². The van der Waals surface area contributed by atoms with Crippen LogP contribution < -0.4 is 4.74 Å². The van der Waals surface area contributed by atoms with Crippen LogP contribution in [-0.4, -0.2) is 17.4 Å². The zero-order chi connectivity index (χ0) is 11.4. The molecule has 1 aromatic rings. The van der Waals surface area contributed by atoms with E-state index in [1.165, 1.54) is 6.07 Å². The van der Waals surface area contributed by atoms with Crippen molar-refractivity contribution in [1.82, 2.24) is 0 Å². The summed E-state index contributed by atoms with van der Waals surface area (Å²) >= 11 is 0. The predicted molar refractivity (Wildman–Crippen MR) is 53.7 cm³/mol. The van der Waals surface area contributed by atoms with Gasteiger partial charge in [0.1, 0.15) is 5.75 Å². The summed E-state index contributed by atoms with van der Waals surface area (Å²) < 4.78 is 17.3. The van der Waals surface area contributed by atoms with Gasteiger partial charge in [0.05, 0.1) is 0 Å². The second-order valence-electron chi connectivity index (χ2n) is 3.50. The minimum absolute atomic E-state index is 0.233. The third kappa shape index (κ3) is 3.23. The highest BCUT2D eigenvalue weighted by Gasteiger charge is 2.17. The Morgan fingerprint density at radius 2 is 2.13 bits per heavy atom. The van der Waals surface area contributed by atoms with Crippen molar-refractivity contribution < 1.29 is 19.0 Å². The van der Waals surface area contributed by atoms with Gasteiger partial charge in [-0.1, -0.05) is 26.0 Å². The Morgan fingerprint density at radius 1 is 1.47 bits per heavy atom. The first-order valence-corrected chi connectivity index (χ1v) is 4.64. The summed E-state index contributed by atoms with van der Waals surface area (Å²) in [5, 5.41) is 8.32. The normalized spacial score (nSPS) is 12.5. The summed E-state index contributed by atoms with van der Waals surface area (Å²) in [6, 6.07) is 6.76. The van der Waals surface area contributed by atoms with Gasteiger partial charge in [0.15, 0.2) is 0 Å². The number of hydrogen-bond donors (Lipinski definition) is 1. The fourth-order valence-corrected chi connectivity index (χ4v) is 1.12. The lowest BCUT2D eigenvalue weighted by atomic mass is 10.0. The molecule has 3 nitrogen and oxygen atoms in total. The van der Waals surface area contributed by atoms with Crippen molar-refractivity contribution in [2.75, 3.05) is 0 Å². The zero-order valence-corrected chi connectivity index (χ0v) is 8.61.